The second-order valence-corrected chi connectivity index (χ2v) is 11.3. The van der Waals surface area contributed by atoms with E-state index in [-0.39, 0.29) is 0 Å². The molecule has 0 aliphatic carbocycles. The second kappa shape index (κ2) is 15.2. The Kier molecular flexibility index (Phi) is 11.1. The molecule has 0 amide bonds. The highest BCUT2D eigenvalue weighted by atomic mass is 14.5. The topological polar surface area (TPSA) is 52.0 Å². The van der Waals surface area contributed by atoms with E-state index in [1.54, 1.807) is 0 Å². The molecule has 0 saturated heterocycles. The Morgan fingerprint density at radius 1 is 0.436 bits per heavy atom. The summed E-state index contributed by atoms with van der Waals surface area (Å²) in [4.78, 5) is 0. The molecule has 0 bridgehead atoms. The SMILES string of the molecule is CCCCCCCCC(Cc1ccc(Cc2ccc(N)cc2)cc1)Cc1ccc(Cc2ccc(N)cc2)cc1. The second-order valence-electron chi connectivity index (χ2n) is 11.3. The largest absolute Gasteiger partial charge is 0.399 e. The summed E-state index contributed by atoms with van der Waals surface area (Å²) in [6.45, 7) is 2.29. The first-order chi connectivity index (χ1) is 19.1. The van der Waals surface area contributed by atoms with Gasteiger partial charge in [-0.3, -0.25) is 0 Å². The number of rotatable bonds is 15. The normalized spacial score (nSPS) is 11.2. The maximum Gasteiger partial charge on any atom is 0.0314 e. The molecule has 0 heterocycles. The minimum atomic E-state index is 0.669. The van der Waals surface area contributed by atoms with Gasteiger partial charge < -0.3 is 11.5 Å². The van der Waals surface area contributed by atoms with Crippen LogP contribution in [-0.2, 0) is 25.7 Å². The third kappa shape index (κ3) is 9.94. The molecule has 204 valence electrons. The molecule has 4 N–H and O–H groups in total. The van der Waals surface area contributed by atoms with Crippen LogP contribution in [0.15, 0.2) is 97.1 Å². The van der Waals surface area contributed by atoms with Gasteiger partial charge in [-0.2, -0.15) is 0 Å². The molecule has 4 rings (SSSR count). The monoisotopic (exact) mass is 518 g/mol. The zero-order valence-electron chi connectivity index (χ0n) is 23.7. The van der Waals surface area contributed by atoms with E-state index >= 15 is 0 Å². The summed E-state index contributed by atoms with van der Waals surface area (Å²) >= 11 is 0. The summed E-state index contributed by atoms with van der Waals surface area (Å²) in [6.07, 6.45) is 13.6. The van der Waals surface area contributed by atoms with Gasteiger partial charge in [-0.1, -0.05) is 118 Å². The van der Waals surface area contributed by atoms with Crippen LogP contribution in [0.2, 0.25) is 0 Å². The average molecular weight is 519 g/mol. The highest BCUT2D eigenvalue weighted by Gasteiger charge is 2.12. The van der Waals surface area contributed by atoms with Crippen molar-refractivity contribution in [3.8, 4) is 0 Å². The molecule has 0 unspecified atom stereocenters. The zero-order chi connectivity index (χ0) is 27.3. The van der Waals surface area contributed by atoms with Crippen molar-refractivity contribution >= 4 is 11.4 Å². The minimum Gasteiger partial charge on any atom is -0.399 e. The Balaban J connectivity index is 1.36. The molecule has 0 aliphatic heterocycles. The van der Waals surface area contributed by atoms with Gasteiger partial charge in [0.1, 0.15) is 0 Å². The first kappa shape index (κ1) is 28.5. The minimum absolute atomic E-state index is 0.669. The van der Waals surface area contributed by atoms with Crippen molar-refractivity contribution in [1.29, 1.82) is 0 Å². The lowest BCUT2D eigenvalue weighted by Gasteiger charge is -2.18. The van der Waals surface area contributed by atoms with Gasteiger partial charge in [0.15, 0.2) is 0 Å². The Hall–Kier alpha value is -3.52. The highest BCUT2D eigenvalue weighted by Crippen LogP contribution is 2.23. The molecule has 0 fully saturated rings. The predicted octanol–water partition coefficient (Wildman–Crippen LogP) is 9.18. The van der Waals surface area contributed by atoms with E-state index in [0.29, 0.717) is 5.92 Å². The van der Waals surface area contributed by atoms with Crippen LogP contribution in [0.25, 0.3) is 0 Å². The average Bonchev–Trinajstić information content (AvgIpc) is 2.95. The van der Waals surface area contributed by atoms with Gasteiger partial charge in [0.25, 0.3) is 0 Å². The van der Waals surface area contributed by atoms with Crippen LogP contribution >= 0.6 is 0 Å². The van der Waals surface area contributed by atoms with Crippen LogP contribution in [0, 0.1) is 5.92 Å². The van der Waals surface area contributed by atoms with E-state index in [2.05, 4.69) is 79.7 Å². The maximum absolute atomic E-state index is 5.85. The first-order valence-electron chi connectivity index (χ1n) is 14.9. The highest BCUT2D eigenvalue weighted by molar-refractivity contribution is 5.42. The summed E-state index contributed by atoms with van der Waals surface area (Å²) in [5, 5.41) is 0. The van der Waals surface area contributed by atoms with Gasteiger partial charge in [0.05, 0.1) is 0 Å². The van der Waals surface area contributed by atoms with E-state index in [1.165, 1.54) is 78.3 Å². The smallest absolute Gasteiger partial charge is 0.0314 e. The van der Waals surface area contributed by atoms with Crippen molar-refractivity contribution in [2.24, 2.45) is 5.92 Å². The van der Waals surface area contributed by atoms with Crippen LogP contribution in [0.1, 0.15) is 85.3 Å². The van der Waals surface area contributed by atoms with Gasteiger partial charge in [-0.15, -0.1) is 0 Å². The number of anilines is 2. The van der Waals surface area contributed by atoms with E-state index in [0.717, 1.165) is 37.1 Å². The molecule has 0 atom stereocenters. The lowest BCUT2D eigenvalue weighted by molar-refractivity contribution is 0.445. The maximum atomic E-state index is 5.85. The van der Waals surface area contributed by atoms with Gasteiger partial charge in [0.2, 0.25) is 0 Å². The summed E-state index contributed by atoms with van der Waals surface area (Å²) in [6, 6.07) is 35.0. The molecule has 0 aliphatic rings. The van der Waals surface area contributed by atoms with Crippen LogP contribution in [-0.4, -0.2) is 0 Å². The molecule has 4 aromatic rings. The van der Waals surface area contributed by atoms with Gasteiger partial charge in [-0.25, -0.2) is 0 Å². The number of nitrogen functional groups attached to an aromatic ring is 2. The first-order valence-corrected chi connectivity index (χ1v) is 14.9. The van der Waals surface area contributed by atoms with Gasteiger partial charge >= 0.3 is 0 Å². The number of hydrogen-bond donors (Lipinski definition) is 2. The molecule has 4 aromatic carbocycles. The van der Waals surface area contributed by atoms with Crippen LogP contribution < -0.4 is 11.5 Å². The third-order valence-corrected chi connectivity index (χ3v) is 7.84. The van der Waals surface area contributed by atoms with E-state index < -0.39 is 0 Å². The van der Waals surface area contributed by atoms with Gasteiger partial charge in [0, 0.05) is 11.4 Å². The zero-order valence-corrected chi connectivity index (χ0v) is 23.7. The van der Waals surface area contributed by atoms with Gasteiger partial charge in [-0.05, 0) is 95.7 Å². The number of nitrogens with two attached hydrogens (primary N) is 2. The molecule has 2 nitrogen and oxygen atoms in total. The fourth-order valence-electron chi connectivity index (χ4n) is 5.49. The van der Waals surface area contributed by atoms with Crippen LogP contribution in [0.3, 0.4) is 0 Å². The van der Waals surface area contributed by atoms with Crippen molar-refractivity contribution in [2.45, 2.75) is 77.6 Å². The standard InChI is InChI=1S/C37H46N2/c1-2-3-4-5-6-7-8-35(27-31-13-9-29(10-14-31)25-33-17-21-36(38)22-18-33)28-32-15-11-30(12-16-32)26-34-19-23-37(39)24-20-34/h9-24,35H,2-8,25-28,38-39H2,1H3. The summed E-state index contributed by atoms with van der Waals surface area (Å²) < 4.78 is 0. The molecule has 0 radical (unpaired) electrons. The molecule has 39 heavy (non-hydrogen) atoms. The Morgan fingerprint density at radius 2 is 0.769 bits per heavy atom. The predicted molar refractivity (Wildman–Crippen MR) is 169 cm³/mol. The summed E-state index contributed by atoms with van der Waals surface area (Å²) in [5.74, 6) is 0.669. The fourth-order valence-corrected chi connectivity index (χ4v) is 5.49. The quantitative estimate of drug-likeness (QED) is 0.122. The Bertz CT molecular complexity index is 1130. The van der Waals surface area contributed by atoms with Crippen molar-refractivity contribution < 1.29 is 0 Å². The van der Waals surface area contributed by atoms with Crippen molar-refractivity contribution in [3.63, 3.8) is 0 Å². The van der Waals surface area contributed by atoms with Crippen molar-refractivity contribution in [3.05, 3.63) is 130 Å². The number of unbranched alkanes of at least 4 members (excludes halogenated alkanes) is 5. The fraction of sp³-hybridized carbons (Fsp3) is 0.351. The number of hydrogen-bond acceptors (Lipinski definition) is 2. The van der Waals surface area contributed by atoms with E-state index in [4.69, 9.17) is 11.5 Å². The summed E-state index contributed by atoms with van der Waals surface area (Å²) in [7, 11) is 0. The number of benzene rings is 4. The molecule has 0 aromatic heterocycles. The molecule has 2 heteroatoms. The third-order valence-electron chi connectivity index (χ3n) is 7.84. The molecule has 0 spiro atoms. The molecular formula is C37H46N2. The Labute approximate surface area is 236 Å². The lowest BCUT2D eigenvalue weighted by Crippen LogP contribution is -2.09. The Morgan fingerprint density at radius 3 is 1.18 bits per heavy atom. The molecular weight excluding hydrogens is 472 g/mol. The van der Waals surface area contributed by atoms with Crippen molar-refractivity contribution in [1.82, 2.24) is 0 Å². The molecule has 0 saturated carbocycles. The van der Waals surface area contributed by atoms with Crippen LogP contribution in [0.4, 0.5) is 11.4 Å². The lowest BCUT2D eigenvalue weighted by atomic mass is 9.87. The van der Waals surface area contributed by atoms with Crippen molar-refractivity contribution in [2.75, 3.05) is 11.5 Å². The summed E-state index contributed by atoms with van der Waals surface area (Å²) in [5.41, 5.74) is 21.6. The van der Waals surface area contributed by atoms with E-state index in [9.17, 15) is 0 Å². The van der Waals surface area contributed by atoms with E-state index in [1.807, 2.05) is 24.3 Å². The van der Waals surface area contributed by atoms with Crippen LogP contribution in [0.5, 0.6) is 0 Å².